The molecule has 2 saturated heterocycles. The predicted molar refractivity (Wildman–Crippen MR) is 120 cm³/mol. The molecule has 3 aliphatic rings. The molecule has 4 atom stereocenters. The first-order valence-corrected chi connectivity index (χ1v) is 12.1. The van der Waals surface area contributed by atoms with Gasteiger partial charge in [-0.3, -0.25) is 15.0 Å². The molecule has 1 saturated carbocycles. The van der Waals surface area contributed by atoms with Crippen molar-refractivity contribution in [3.05, 3.63) is 29.6 Å². The molecule has 0 bridgehead atoms. The van der Waals surface area contributed by atoms with Crippen LogP contribution in [0.2, 0.25) is 0 Å². The molecule has 2 N–H and O–H groups in total. The monoisotopic (exact) mass is 412 g/mol. The number of fused-ring (bicyclic) bond motifs is 2. The zero-order chi connectivity index (χ0) is 19.8. The van der Waals surface area contributed by atoms with E-state index in [-0.39, 0.29) is 18.0 Å². The average molecular weight is 413 g/mol. The van der Waals surface area contributed by atoms with Crippen molar-refractivity contribution >= 4 is 33.0 Å². The number of carbonyl (C=O) groups excluding carboxylic acids is 1. The Hall–Kier alpha value is -1.63. The highest BCUT2D eigenvalue weighted by Crippen LogP contribution is 2.34. The molecule has 1 amide bonds. The highest BCUT2D eigenvalue weighted by Gasteiger charge is 2.39. The van der Waals surface area contributed by atoms with Gasteiger partial charge in [0.2, 0.25) is 5.91 Å². The number of hydrogen-bond donors (Lipinski definition) is 2. The summed E-state index contributed by atoms with van der Waals surface area (Å²) in [6.45, 7) is 7.70. The quantitative estimate of drug-likeness (QED) is 0.809. The summed E-state index contributed by atoms with van der Waals surface area (Å²) >= 11 is 1.83. The van der Waals surface area contributed by atoms with Crippen LogP contribution in [0.1, 0.15) is 32.6 Å². The standard InChI is InChI=1S/C23H32N4OS/c1-16-24-20-6-5-17(15-19(20)23(28)25-16)7-9-26-10-12-27(13-11-26)21-3-2-4-22-18(21)8-14-29-22/h2-4,8,14,16-17,19-20,24H,5-7,9-13,15H2,1H3,(H,25,28). The minimum atomic E-state index is 0.122. The maximum absolute atomic E-state index is 12.4. The minimum Gasteiger partial charge on any atom is -0.368 e. The molecule has 1 aliphatic carbocycles. The van der Waals surface area contributed by atoms with Gasteiger partial charge in [-0.1, -0.05) is 6.07 Å². The topological polar surface area (TPSA) is 47.6 Å². The molecule has 1 aromatic carbocycles. The molecular weight excluding hydrogens is 380 g/mol. The molecule has 3 fully saturated rings. The van der Waals surface area contributed by atoms with Gasteiger partial charge in [0.1, 0.15) is 0 Å². The van der Waals surface area contributed by atoms with Crippen LogP contribution in [0.25, 0.3) is 10.1 Å². The van der Waals surface area contributed by atoms with Gasteiger partial charge in [-0.05, 0) is 68.6 Å². The van der Waals surface area contributed by atoms with E-state index in [4.69, 9.17) is 0 Å². The molecule has 5 nitrogen and oxygen atoms in total. The molecular formula is C23H32N4OS. The number of nitrogens with one attached hydrogen (secondary N) is 2. The van der Waals surface area contributed by atoms with Crippen LogP contribution in [-0.2, 0) is 4.79 Å². The van der Waals surface area contributed by atoms with Crippen molar-refractivity contribution < 1.29 is 4.79 Å². The number of nitrogens with zero attached hydrogens (tertiary/aromatic N) is 2. The van der Waals surface area contributed by atoms with E-state index in [1.807, 2.05) is 18.3 Å². The number of carbonyl (C=O) groups is 1. The number of piperazine rings is 1. The zero-order valence-corrected chi connectivity index (χ0v) is 18.1. The zero-order valence-electron chi connectivity index (χ0n) is 17.3. The van der Waals surface area contributed by atoms with Gasteiger partial charge in [0.25, 0.3) is 0 Å². The number of anilines is 1. The number of rotatable bonds is 4. The summed E-state index contributed by atoms with van der Waals surface area (Å²) in [4.78, 5) is 17.5. The Morgan fingerprint density at radius 1 is 1.14 bits per heavy atom. The van der Waals surface area contributed by atoms with E-state index in [0.717, 1.165) is 39.0 Å². The first kappa shape index (κ1) is 19.3. The fraction of sp³-hybridized carbons (Fsp3) is 0.609. The van der Waals surface area contributed by atoms with Crippen LogP contribution in [0.3, 0.4) is 0 Å². The van der Waals surface area contributed by atoms with E-state index < -0.39 is 0 Å². The second-order valence-corrected chi connectivity index (χ2v) is 9.96. The lowest BCUT2D eigenvalue weighted by molar-refractivity contribution is -0.131. The lowest BCUT2D eigenvalue weighted by atomic mass is 9.75. The summed E-state index contributed by atoms with van der Waals surface area (Å²) in [5.41, 5.74) is 1.40. The Balaban J connectivity index is 1.11. The maximum Gasteiger partial charge on any atom is 0.225 e. The molecule has 6 heteroatoms. The molecule has 2 aromatic rings. The second kappa shape index (κ2) is 8.25. The first-order chi connectivity index (χ1) is 14.2. The van der Waals surface area contributed by atoms with Crippen LogP contribution in [0.5, 0.6) is 0 Å². The average Bonchev–Trinajstić information content (AvgIpc) is 3.22. The van der Waals surface area contributed by atoms with Crippen molar-refractivity contribution in [2.45, 2.75) is 44.8 Å². The fourth-order valence-electron chi connectivity index (χ4n) is 5.52. The van der Waals surface area contributed by atoms with Gasteiger partial charge in [-0.15, -0.1) is 11.3 Å². The summed E-state index contributed by atoms with van der Waals surface area (Å²) in [7, 11) is 0. The van der Waals surface area contributed by atoms with Gasteiger partial charge in [-0.2, -0.15) is 0 Å². The number of amides is 1. The van der Waals surface area contributed by atoms with Crippen molar-refractivity contribution in [1.29, 1.82) is 0 Å². The SMILES string of the molecule is CC1NC(=O)C2CC(CCN3CCN(c4cccc5sccc45)CC3)CCC2N1. The third-order valence-corrected chi connectivity index (χ3v) is 8.04. The van der Waals surface area contributed by atoms with Gasteiger partial charge in [0, 0.05) is 48.0 Å². The molecule has 0 spiro atoms. The molecule has 0 radical (unpaired) electrons. The van der Waals surface area contributed by atoms with Gasteiger partial charge < -0.3 is 10.2 Å². The third kappa shape index (κ3) is 4.03. The van der Waals surface area contributed by atoms with E-state index in [1.165, 1.54) is 35.2 Å². The smallest absolute Gasteiger partial charge is 0.225 e. The van der Waals surface area contributed by atoms with Crippen molar-refractivity contribution in [2.24, 2.45) is 11.8 Å². The number of benzene rings is 1. The molecule has 29 heavy (non-hydrogen) atoms. The number of thiophene rings is 1. The first-order valence-electron chi connectivity index (χ1n) is 11.2. The Kier molecular flexibility index (Phi) is 5.50. The van der Waals surface area contributed by atoms with Crippen LogP contribution < -0.4 is 15.5 Å². The summed E-state index contributed by atoms with van der Waals surface area (Å²) in [6, 6.07) is 9.33. The Labute approximate surface area is 177 Å². The third-order valence-electron chi connectivity index (χ3n) is 7.16. The fourth-order valence-corrected chi connectivity index (χ4v) is 6.33. The van der Waals surface area contributed by atoms with E-state index in [9.17, 15) is 4.79 Å². The van der Waals surface area contributed by atoms with Crippen molar-refractivity contribution in [2.75, 3.05) is 37.6 Å². The molecule has 1 aromatic heterocycles. The normalized spacial score (nSPS) is 30.9. The van der Waals surface area contributed by atoms with E-state index >= 15 is 0 Å². The largest absolute Gasteiger partial charge is 0.368 e. The van der Waals surface area contributed by atoms with Crippen molar-refractivity contribution in [1.82, 2.24) is 15.5 Å². The minimum absolute atomic E-state index is 0.122. The van der Waals surface area contributed by atoms with Crippen LogP contribution in [-0.4, -0.2) is 55.7 Å². The summed E-state index contributed by atoms with van der Waals surface area (Å²) < 4.78 is 1.39. The molecule has 2 aliphatic heterocycles. The number of hydrogen-bond acceptors (Lipinski definition) is 5. The predicted octanol–water partition coefficient (Wildman–Crippen LogP) is 3.26. The van der Waals surface area contributed by atoms with Gasteiger partial charge in [0.15, 0.2) is 0 Å². The van der Waals surface area contributed by atoms with Crippen LogP contribution in [0.4, 0.5) is 5.69 Å². The maximum atomic E-state index is 12.4. The molecule has 5 rings (SSSR count). The summed E-state index contributed by atoms with van der Waals surface area (Å²) in [6.07, 6.45) is 4.80. The van der Waals surface area contributed by atoms with Crippen LogP contribution in [0.15, 0.2) is 29.6 Å². The lowest BCUT2D eigenvalue weighted by Crippen LogP contribution is -2.61. The highest BCUT2D eigenvalue weighted by molar-refractivity contribution is 7.17. The second-order valence-electron chi connectivity index (χ2n) is 9.02. The molecule has 156 valence electrons. The Bertz CT molecular complexity index is 859. The van der Waals surface area contributed by atoms with Crippen LogP contribution in [0, 0.1) is 11.8 Å². The highest BCUT2D eigenvalue weighted by atomic mass is 32.1. The van der Waals surface area contributed by atoms with E-state index in [1.54, 1.807) is 0 Å². The van der Waals surface area contributed by atoms with Gasteiger partial charge in [0.05, 0.1) is 12.1 Å². The van der Waals surface area contributed by atoms with E-state index in [0.29, 0.717) is 12.0 Å². The van der Waals surface area contributed by atoms with Crippen LogP contribution >= 0.6 is 11.3 Å². The molecule has 3 heterocycles. The Morgan fingerprint density at radius 2 is 2.00 bits per heavy atom. The summed E-state index contributed by atoms with van der Waals surface area (Å²) in [5, 5.41) is 10.2. The lowest BCUT2D eigenvalue weighted by Gasteiger charge is -2.42. The molecule has 4 unspecified atom stereocenters. The summed E-state index contributed by atoms with van der Waals surface area (Å²) in [5.74, 6) is 1.13. The Morgan fingerprint density at radius 3 is 2.86 bits per heavy atom. The van der Waals surface area contributed by atoms with Crippen molar-refractivity contribution in [3.63, 3.8) is 0 Å². The van der Waals surface area contributed by atoms with Gasteiger partial charge in [-0.25, -0.2) is 0 Å². The van der Waals surface area contributed by atoms with Crippen molar-refractivity contribution in [3.8, 4) is 0 Å². The van der Waals surface area contributed by atoms with Gasteiger partial charge >= 0.3 is 0 Å². The van der Waals surface area contributed by atoms with E-state index in [2.05, 4.69) is 50.1 Å².